The maximum absolute atomic E-state index is 12.8. The van der Waals surface area contributed by atoms with E-state index in [1.165, 1.54) is 15.8 Å². The van der Waals surface area contributed by atoms with E-state index in [2.05, 4.69) is 9.36 Å². The number of benzene rings is 2. The molecule has 9 heteroatoms. The molecule has 3 aromatic rings. The zero-order chi connectivity index (χ0) is 21.7. The summed E-state index contributed by atoms with van der Waals surface area (Å²) in [5.74, 6) is 0.747. The molecule has 1 aromatic heterocycles. The van der Waals surface area contributed by atoms with Gasteiger partial charge >= 0.3 is 0 Å². The van der Waals surface area contributed by atoms with Crippen LogP contribution in [0.15, 0.2) is 53.4 Å². The van der Waals surface area contributed by atoms with Crippen molar-refractivity contribution in [1.82, 2.24) is 13.7 Å². The van der Waals surface area contributed by atoms with Crippen LogP contribution in [-0.2, 0) is 16.4 Å². The molecule has 0 amide bonds. The van der Waals surface area contributed by atoms with E-state index in [0.717, 1.165) is 22.1 Å². The van der Waals surface area contributed by atoms with Crippen LogP contribution < -0.4 is 4.90 Å². The van der Waals surface area contributed by atoms with Gasteiger partial charge in [-0.3, -0.25) is 0 Å². The van der Waals surface area contributed by atoms with Gasteiger partial charge < -0.3 is 4.90 Å². The number of aromatic nitrogens is 2. The zero-order valence-electron chi connectivity index (χ0n) is 17.2. The van der Waals surface area contributed by atoms with Gasteiger partial charge in [0.05, 0.1) is 4.90 Å². The molecule has 30 heavy (non-hydrogen) atoms. The van der Waals surface area contributed by atoms with Crippen LogP contribution in [0.5, 0.6) is 0 Å². The third kappa shape index (κ3) is 5.57. The molecule has 2 aromatic carbocycles. The third-order valence-electron chi connectivity index (χ3n) is 4.80. The molecule has 0 N–H and O–H groups in total. The van der Waals surface area contributed by atoms with Crippen LogP contribution in [0.3, 0.4) is 0 Å². The smallest absolute Gasteiger partial charge is 0.242 e. The van der Waals surface area contributed by atoms with Gasteiger partial charge in [-0.1, -0.05) is 41.4 Å². The van der Waals surface area contributed by atoms with Gasteiger partial charge in [-0.2, -0.15) is 8.68 Å². The SMILES string of the molecule is CCN(CCN(C)S(=O)(=O)c1ccc(C)cc1)c1nc(Cc2ccc(Cl)cc2)ns1. The standard InChI is InChI=1S/C21H25ClN4O2S2/c1-4-26(14-13-25(3)30(27,28)19-11-5-16(2)6-12-19)21-23-20(24-29-21)15-17-7-9-18(22)10-8-17/h5-12H,4,13-15H2,1-3H3. The van der Waals surface area contributed by atoms with E-state index < -0.39 is 10.0 Å². The average Bonchev–Trinajstić information content (AvgIpc) is 3.18. The van der Waals surface area contributed by atoms with Crippen molar-refractivity contribution in [2.24, 2.45) is 0 Å². The Morgan fingerprint density at radius 3 is 2.33 bits per heavy atom. The third-order valence-corrected chi connectivity index (χ3v) is 7.74. The number of nitrogens with zero attached hydrogens (tertiary/aromatic N) is 4. The van der Waals surface area contributed by atoms with Gasteiger partial charge in [-0.25, -0.2) is 13.4 Å². The van der Waals surface area contributed by atoms with Crippen molar-refractivity contribution in [2.75, 3.05) is 31.6 Å². The summed E-state index contributed by atoms with van der Waals surface area (Å²) in [7, 11) is -1.91. The molecule has 0 aliphatic rings. The van der Waals surface area contributed by atoms with Gasteiger partial charge in [0.1, 0.15) is 5.82 Å². The normalized spacial score (nSPS) is 11.8. The molecule has 0 bridgehead atoms. The fourth-order valence-corrected chi connectivity index (χ4v) is 4.95. The van der Waals surface area contributed by atoms with Crippen molar-refractivity contribution < 1.29 is 8.42 Å². The van der Waals surface area contributed by atoms with E-state index >= 15 is 0 Å². The highest BCUT2D eigenvalue weighted by Gasteiger charge is 2.21. The van der Waals surface area contributed by atoms with E-state index in [1.54, 1.807) is 19.2 Å². The topological polar surface area (TPSA) is 66.4 Å². The van der Waals surface area contributed by atoms with Gasteiger partial charge in [-0.05, 0) is 43.7 Å². The molecule has 0 spiro atoms. The van der Waals surface area contributed by atoms with Crippen molar-refractivity contribution in [3.8, 4) is 0 Å². The van der Waals surface area contributed by atoms with Crippen molar-refractivity contribution in [3.63, 3.8) is 0 Å². The van der Waals surface area contributed by atoms with E-state index in [9.17, 15) is 8.42 Å². The van der Waals surface area contributed by atoms with Crippen molar-refractivity contribution in [1.29, 1.82) is 0 Å². The number of anilines is 1. The summed E-state index contributed by atoms with van der Waals surface area (Å²) in [6.45, 7) is 5.56. The molecule has 1 heterocycles. The predicted octanol–water partition coefficient (Wildman–Crippen LogP) is 4.24. The largest absolute Gasteiger partial charge is 0.346 e. The summed E-state index contributed by atoms with van der Waals surface area (Å²) in [5, 5.41) is 1.50. The van der Waals surface area contributed by atoms with Crippen molar-refractivity contribution in [2.45, 2.75) is 25.2 Å². The molecule has 0 fully saturated rings. The van der Waals surface area contributed by atoms with Crippen LogP contribution in [0.2, 0.25) is 5.02 Å². The summed E-state index contributed by atoms with van der Waals surface area (Å²) in [6.07, 6.45) is 0.632. The summed E-state index contributed by atoms with van der Waals surface area (Å²) < 4.78 is 31.4. The lowest BCUT2D eigenvalue weighted by Gasteiger charge is -2.23. The molecule has 160 valence electrons. The molecule has 0 saturated carbocycles. The minimum absolute atomic E-state index is 0.305. The Morgan fingerprint density at radius 1 is 1.03 bits per heavy atom. The monoisotopic (exact) mass is 464 g/mol. The number of likely N-dealkylation sites (N-methyl/N-ethyl adjacent to an activating group) is 2. The fraction of sp³-hybridized carbons (Fsp3) is 0.333. The number of hydrogen-bond donors (Lipinski definition) is 0. The number of aryl methyl sites for hydroxylation is 1. The molecule has 0 aliphatic carbocycles. The Balaban J connectivity index is 1.63. The molecular weight excluding hydrogens is 440 g/mol. The number of rotatable bonds is 9. The molecule has 0 aliphatic heterocycles. The molecule has 0 radical (unpaired) electrons. The number of hydrogen-bond acceptors (Lipinski definition) is 6. The van der Waals surface area contributed by atoms with Gasteiger partial charge in [0.15, 0.2) is 0 Å². The van der Waals surface area contributed by atoms with E-state index in [0.29, 0.717) is 36.0 Å². The lowest BCUT2D eigenvalue weighted by Crippen LogP contribution is -2.36. The van der Waals surface area contributed by atoms with E-state index in [4.69, 9.17) is 11.6 Å². The highest BCUT2D eigenvalue weighted by molar-refractivity contribution is 7.89. The summed E-state index contributed by atoms with van der Waals surface area (Å²) in [6, 6.07) is 14.5. The molecule has 0 atom stereocenters. The summed E-state index contributed by atoms with van der Waals surface area (Å²) in [5.41, 5.74) is 2.12. The fourth-order valence-electron chi connectivity index (χ4n) is 2.89. The highest BCUT2D eigenvalue weighted by Crippen LogP contribution is 2.20. The average molecular weight is 465 g/mol. The highest BCUT2D eigenvalue weighted by atomic mass is 35.5. The molecule has 0 unspecified atom stereocenters. The maximum atomic E-state index is 12.8. The number of sulfonamides is 1. The summed E-state index contributed by atoms with van der Waals surface area (Å²) >= 11 is 7.27. The molecular formula is C21H25ClN4O2S2. The van der Waals surface area contributed by atoms with Crippen molar-refractivity contribution in [3.05, 3.63) is 70.5 Å². The second kappa shape index (κ2) is 9.87. The second-order valence-electron chi connectivity index (χ2n) is 7.02. The van der Waals surface area contributed by atoms with Crippen LogP contribution >= 0.6 is 23.1 Å². The minimum Gasteiger partial charge on any atom is -0.346 e. The zero-order valence-corrected chi connectivity index (χ0v) is 19.6. The lowest BCUT2D eigenvalue weighted by atomic mass is 10.1. The first kappa shape index (κ1) is 22.7. The van der Waals surface area contributed by atoms with Crippen molar-refractivity contribution >= 4 is 38.3 Å². The Labute approximate surface area is 187 Å². The Bertz CT molecular complexity index is 1070. The Kier molecular flexibility index (Phi) is 7.46. The lowest BCUT2D eigenvalue weighted by molar-refractivity contribution is 0.471. The molecule has 6 nitrogen and oxygen atoms in total. The van der Waals surface area contributed by atoms with Gasteiger partial charge in [0, 0.05) is 49.7 Å². The molecule has 0 saturated heterocycles. The van der Waals surface area contributed by atoms with Crippen LogP contribution in [0.4, 0.5) is 5.13 Å². The first-order chi connectivity index (χ1) is 14.3. The quantitative estimate of drug-likeness (QED) is 0.474. The van der Waals surface area contributed by atoms with Crippen LogP contribution in [0.25, 0.3) is 0 Å². The molecule has 3 rings (SSSR count). The number of halogens is 1. The van der Waals surface area contributed by atoms with Gasteiger partial charge in [-0.15, -0.1) is 0 Å². The predicted molar refractivity (Wildman–Crippen MR) is 123 cm³/mol. The second-order valence-corrected chi connectivity index (χ2v) is 10.2. The van der Waals surface area contributed by atoms with Crippen LogP contribution in [0, 0.1) is 6.92 Å². The van der Waals surface area contributed by atoms with E-state index in [1.807, 2.05) is 55.1 Å². The van der Waals surface area contributed by atoms with Gasteiger partial charge in [0.2, 0.25) is 15.2 Å². The first-order valence-electron chi connectivity index (χ1n) is 9.64. The van der Waals surface area contributed by atoms with Crippen LogP contribution in [-0.4, -0.2) is 48.8 Å². The van der Waals surface area contributed by atoms with E-state index in [-0.39, 0.29) is 0 Å². The van der Waals surface area contributed by atoms with Gasteiger partial charge in [0.25, 0.3) is 0 Å². The Morgan fingerprint density at radius 2 is 1.70 bits per heavy atom. The minimum atomic E-state index is -3.52. The van der Waals surface area contributed by atoms with Crippen LogP contribution in [0.1, 0.15) is 23.9 Å². The Hall–Kier alpha value is -2.00. The summed E-state index contributed by atoms with van der Waals surface area (Å²) in [4.78, 5) is 6.99. The maximum Gasteiger partial charge on any atom is 0.242 e. The first-order valence-corrected chi connectivity index (χ1v) is 12.2.